The van der Waals surface area contributed by atoms with Gasteiger partial charge in [0.1, 0.15) is 5.82 Å². The number of rotatable bonds is 4. The molecule has 1 amide bonds. The molecular weight excluding hydrogens is 356 g/mol. The Morgan fingerprint density at radius 1 is 1.05 bits per heavy atom. The minimum absolute atomic E-state index is 0.169. The lowest BCUT2D eigenvalue weighted by atomic mass is 10.3. The molecule has 2 nitrogen and oxygen atoms in total. The molecule has 0 unspecified atom stereocenters. The van der Waals surface area contributed by atoms with E-state index in [-0.39, 0.29) is 17.5 Å². The van der Waals surface area contributed by atoms with Crippen LogP contribution in [-0.2, 0) is 4.79 Å². The predicted molar refractivity (Wildman–Crippen MR) is 87.2 cm³/mol. The molecule has 0 spiro atoms. The maximum Gasteiger partial charge on any atom is 0.234 e. The molecule has 0 heterocycles. The standard InChI is InChI=1S/C14H9Cl3FNOS/c15-10-5-12(17)13(6-11(10)16)19-14(20)7-21-9-3-1-8(18)2-4-9/h1-6H,7H2,(H,19,20). The van der Waals surface area contributed by atoms with Crippen LogP contribution in [-0.4, -0.2) is 11.7 Å². The topological polar surface area (TPSA) is 29.1 Å². The summed E-state index contributed by atoms with van der Waals surface area (Å²) >= 11 is 18.9. The Balaban J connectivity index is 1.96. The number of hydrogen-bond acceptors (Lipinski definition) is 2. The van der Waals surface area contributed by atoms with Gasteiger partial charge in [-0.3, -0.25) is 4.79 Å². The molecule has 0 aliphatic heterocycles. The van der Waals surface area contributed by atoms with Crippen molar-refractivity contribution in [1.29, 1.82) is 0 Å². The van der Waals surface area contributed by atoms with Crippen molar-refractivity contribution in [2.75, 3.05) is 11.1 Å². The predicted octanol–water partition coefficient (Wildman–Crippen LogP) is 5.52. The summed E-state index contributed by atoms with van der Waals surface area (Å²) in [7, 11) is 0. The van der Waals surface area contributed by atoms with Crippen molar-refractivity contribution in [3.63, 3.8) is 0 Å². The maximum atomic E-state index is 12.8. The average molecular weight is 365 g/mol. The number of nitrogens with one attached hydrogen (secondary N) is 1. The van der Waals surface area contributed by atoms with Gasteiger partial charge in [-0.15, -0.1) is 11.8 Å². The Hall–Kier alpha value is -0.940. The first kappa shape index (κ1) is 16.4. The Morgan fingerprint density at radius 2 is 1.67 bits per heavy atom. The van der Waals surface area contributed by atoms with Crippen LogP contribution in [0.15, 0.2) is 41.3 Å². The number of hydrogen-bond donors (Lipinski definition) is 1. The van der Waals surface area contributed by atoms with E-state index in [4.69, 9.17) is 34.8 Å². The monoisotopic (exact) mass is 363 g/mol. The van der Waals surface area contributed by atoms with Gasteiger partial charge in [-0.1, -0.05) is 34.8 Å². The van der Waals surface area contributed by atoms with Gasteiger partial charge in [-0.25, -0.2) is 4.39 Å². The second-order valence-corrected chi connectivity index (χ2v) is 6.31. The van der Waals surface area contributed by atoms with Crippen molar-refractivity contribution in [2.24, 2.45) is 0 Å². The van der Waals surface area contributed by atoms with Gasteiger partial charge in [0.05, 0.1) is 26.5 Å². The highest BCUT2D eigenvalue weighted by Gasteiger charge is 2.10. The Bertz CT molecular complexity index is 664. The highest BCUT2D eigenvalue weighted by molar-refractivity contribution is 8.00. The van der Waals surface area contributed by atoms with Gasteiger partial charge >= 0.3 is 0 Å². The van der Waals surface area contributed by atoms with E-state index in [0.717, 1.165) is 4.90 Å². The zero-order chi connectivity index (χ0) is 15.4. The molecular formula is C14H9Cl3FNOS. The van der Waals surface area contributed by atoms with E-state index in [1.54, 1.807) is 12.1 Å². The normalized spacial score (nSPS) is 10.5. The zero-order valence-corrected chi connectivity index (χ0v) is 13.6. The van der Waals surface area contributed by atoms with Crippen LogP contribution in [0.5, 0.6) is 0 Å². The molecule has 2 aromatic carbocycles. The first-order valence-electron chi connectivity index (χ1n) is 5.78. The summed E-state index contributed by atoms with van der Waals surface area (Å²) in [4.78, 5) is 12.7. The molecule has 1 N–H and O–H groups in total. The van der Waals surface area contributed by atoms with Gasteiger partial charge in [0.15, 0.2) is 0 Å². The van der Waals surface area contributed by atoms with Crippen molar-refractivity contribution in [1.82, 2.24) is 0 Å². The minimum Gasteiger partial charge on any atom is -0.324 e. The van der Waals surface area contributed by atoms with Gasteiger partial charge in [-0.05, 0) is 36.4 Å². The third-order valence-corrected chi connectivity index (χ3v) is 4.51. The summed E-state index contributed by atoms with van der Waals surface area (Å²) < 4.78 is 12.8. The first-order valence-corrected chi connectivity index (χ1v) is 7.90. The summed E-state index contributed by atoms with van der Waals surface area (Å²) in [5.41, 5.74) is 0.399. The third kappa shape index (κ3) is 4.78. The number of thioether (sulfide) groups is 1. The second-order valence-electron chi connectivity index (χ2n) is 4.04. The molecule has 0 radical (unpaired) electrons. The quantitative estimate of drug-likeness (QED) is 0.572. The lowest BCUT2D eigenvalue weighted by molar-refractivity contribution is -0.113. The smallest absolute Gasteiger partial charge is 0.234 e. The highest BCUT2D eigenvalue weighted by atomic mass is 35.5. The zero-order valence-electron chi connectivity index (χ0n) is 10.5. The van der Waals surface area contributed by atoms with Crippen LogP contribution in [0.1, 0.15) is 0 Å². The van der Waals surface area contributed by atoms with E-state index in [2.05, 4.69) is 5.32 Å². The Morgan fingerprint density at radius 3 is 2.33 bits per heavy atom. The van der Waals surface area contributed by atoms with Gasteiger partial charge < -0.3 is 5.32 Å². The number of carbonyl (C=O) groups is 1. The van der Waals surface area contributed by atoms with Crippen molar-refractivity contribution in [3.8, 4) is 0 Å². The van der Waals surface area contributed by atoms with Crippen LogP contribution in [0.4, 0.5) is 10.1 Å². The summed E-state index contributed by atoms with van der Waals surface area (Å²) in [6.45, 7) is 0. The molecule has 0 saturated heterocycles. The van der Waals surface area contributed by atoms with Gasteiger partial charge in [0, 0.05) is 4.90 Å². The average Bonchev–Trinajstić information content (AvgIpc) is 2.44. The fourth-order valence-electron chi connectivity index (χ4n) is 1.48. The van der Waals surface area contributed by atoms with Crippen molar-refractivity contribution < 1.29 is 9.18 Å². The SMILES string of the molecule is O=C(CSc1ccc(F)cc1)Nc1cc(Cl)c(Cl)cc1Cl. The molecule has 21 heavy (non-hydrogen) atoms. The lowest BCUT2D eigenvalue weighted by Crippen LogP contribution is -2.14. The third-order valence-electron chi connectivity index (χ3n) is 2.47. The van der Waals surface area contributed by atoms with E-state index in [9.17, 15) is 9.18 Å². The second kappa shape index (κ2) is 7.36. The maximum absolute atomic E-state index is 12.8. The van der Waals surface area contributed by atoms with E-state index >= 15 is 0 Å². The number of amides is 1. The Labute approximate surface area is 140 Å². The number of anilines is 1. The van der Waals surface area contributed by atoms with Crippen molar-refractivity contribution in [2.45, 2.75) is 4.90 Å². The fraction of sp³-hybridized carbons (Fsp3) is 0.0714. The van der Waals surface area contributed by atoms with Crippen LogP contribution < -0.4 is 5.32 Å². The molecule has 0 aromatic heterocycles. The molecule has 0 aliphatic rings. The molecule has 0 saturated carbocycles. The molecule has 2 rings (SSSR count). The summed E-state index contributed by atoms with van der Waals surface area (Å²) in [5, 5.41) is 3.59. The Kier molecular flexibility index (Phi) is 5.76. The molecule has 7 heteroatoms. The molecule has 0 fully saturated rings. The molecule has 0 aliphatic carbocycles. The first-order chi connectivity index (χ1) is 9.95. The van der Waals surface area contributed by atoms with Crippen molar-refractivity contribution >= 4 is 58.2 Å². The van der Waals surface area contributed by atoms with Crippen LogP contribution in [0.3, 0.4) is 0 Å². The van der Waals surface area contributed by atoms with Crippen LogP contribution in [0, 0.1) is 5.82 Å². The molecule has 110 valence electrons. The fourth-order valence-corrected chi connectivity index (χ4v) is 2.78. The highest BCUT2D eigenvalue weighted by Crippen LogP contribution is 2.32. The van der Waals surface area contributed by atoms with Crippen molar-refractivity contribution in [3.05, 3.63) is 57.3 Å². The largest absolute Gasteiger partial charge is 0.324 e. The summed E-state index contributed by atoms with van der Waals surface area (Å²) in [6, 6.07) is 8.87. The number of carbonyl (C=O) groups excluding carboxylic acids is 1. The number of halogens is 4. The lowest BCUT2D eigenvalue weighted by Gasteiger charge is -2.08. The minimum atomic E-state index is -0.314. The van der Waals surface area contributed by atoms with E-state index < -0.39 is 0 Å². The molecule has 0 bridgehead atoms. The van der Waals surface area contributed by atoms with Crippen LogP contribution in [0.25, 0.3) is 0 Å². The van der Waals surface area contributed by atoms with Gasteiger partial charge in [-0.2, -0.15) is 0 Å². The summed E-state index contributed by atoms with van der Waals surface area (Å²) in [5.74, 6) is -0.390. The molecule has 0 atom stereocenters. The van der Waals surface area contributed by atoms with E-state index in [1.165, 1.54) is 36.0 Å². The summed E-state index contributed by atoms with van der Waals surface area (Å²) in [6.07, 6.45) is 0. The number of benzene rings is 2. The van der Waals surface area contributed by atoms with Gasteiger partial charge in [0.25, 0.3) is 0 Å². The van der Waals surface area contributed by atoms with Crippen LogP contribution >= 0.6 is 46.6 Å². The van der Waals surface area contributed by atoms with Crippen LogP contribution in [0.2, 0.25) is 15.1 Å². The van der Waals surface area contributed by atoms with Gasteiger partial charge in [0.2, 0.25) is 5.91 Å². The van der Waals surface area contributed by atoms with E-state index in [0.29, 0.717) is 20.8 Å². The van der Waals surface area contributed by atoms with E-state index in [1.807, 2.05) is 0 Å². The molecule has 2 aromatic rings.